The molecule has 84 valence electrons. The largest absolute Gasteiger partial charge is 0.341 e. The lowest BCUT2D eigenvalue weighted by molar-refractivity contribution is 0.600. The molecule has 4 heteroatoms. The van der Waals surface area contributed by atoms with E-state index in [4.69, 9.17) is 0 Å². The molecule has 0 amide bonds. The van der Waals surface area contributed by atoms with Gasteiger partial charge < -0.3 is 4.98 Å². The van der Waals surface area contributed by atoms with E-state index in [1.54, 1.807) is 19.9 Å². The van der Waals surface area contributed by atoms with E-state index in [0.717, 1.165) is 0 Å². The van der Waals surface area contributed by atoms with Gasteiger partial charge in [-0.3, -0.25) is 4.79 Å². The molecular formula is C12H13FN2O. The third-order valence-electron chi connectivity index (χ3n) is 2.81. The van der Waals surface area contributed by atoms with Crippen LogP contribution in [0, 0.1) is 19.7 Å². The van der Waals surface area contributed by atoms with Gasteiger partial charge in [0.2, 0.25) is 0 Å². The fourth-order valence-electron chi connectivity index (χ4n) is 1.80. The normalized spacial score (nSPS) is 11.0. The molecule has 0 spiro atoms. The molecule has 0 aromatic carbocycles. The topological polar surface area (TPSA) is 45.8 Å². The zero-order valence-corrected chi connectivity index (χ0v) is 9.52. The number of hydrogen-bond acceptors (Lipinski definition) is 2. The van der Waals surface area contributed by atoms with E-state index in [9.17, 15) is 9.18 Å². The second-order valence-electron chi connectivity index (χ2n) is 3.89. The standard InChI is InChI=1S/C12H13FN2O/c1-4-8-5-9-6(2)10(13)7(3)14-11(9)15-12(8)16/h5H,4H2,1-3H3,(H,14,15,16). The fraction of sp³-hybridized carbons (Fsp3) is 0.333. The number of aromatic nitrogens is 2. The second-order valence-corrected chi connectivity index (χ2v) is 3.89. The molecule has 0 fully saturated rings. The monoisotopic (exact) mass is 220 g/mol. The lowest BCUT2D eigenvalue weighted by Crippen LogP contribution is -2.16. The Morgan fingerprint density at radius 1 is 1.44 bits per heavy atom. The molecule has 3 nitrogen and oxygen atoms in total. The van der Waals surface area contributed by atoms with Crippen LogP contribution in [-0.4, -0.2) is 9.97 Å². The molecule has 16 heavy (non-hydrogen) atoms. The summed E-state index contributed by atoms with van der Waals surface area (Å²) in [5.41, 5.74) is 2.00. The van der Waals surface area contributed by atoms with E-state index in [2.05, 4.69) is 9.97 Å². The number of H-pyrrole nitrogens is 1. The third kappa shape index (κ3) is 1.50. The molecule has 1 N–H and O–H groups in total. The molecule has 0 radical (unpaired) electrons. The minimum atomic E-state index is -0.269. The van der Waals surface area contributed by atoms with Crippen LogP contribution in [0.4, 0.5) is 4.39 Å². The van der Waals surface area contributed by atoms with Crippen molar-refractivity contribution < 1.29 is 4.39 Å². The molecule has 2 rings (SSSR count). The minimum absolute atomic E-state index is 0.239. The van der Waals surface area contributed by atoms with Gasteiger partial charge in [-0.15, -0.1) is 0 Å². The van der Waals surface area contributed by atoms with E-state index in [1.807, 2.05) is 6.92 Å². The Kier molecular flexibility index (Phi) is 2.50. The summed E-state index contributed by atoms with van der Waals surface area (Å²) in [5.74, 6) is 0.189. The first-order chi connectivity index (χ1) is 7.54. The van der Waals surface area contributed by atoms with E-state index < -0.39 is 0 Å². The van der Waals surface area contributed by atoms with Gasteiger partial charge in [-0.1, -0.05) is 6.92 Å². The van der Waals surface area contributed by atoms with Crippen LogP contribution < -0.4 is 5.56 Å². The van der Waals surface area contributed by atoms with Crippen LogP contribution in [0.3, 0.4) is 0 Å². The quantitative estimate of drug-likeness (QED) is 0.800. The molecule has 0 bridgehead atoms. The smallest absolute Gasteiger partial charge is 0.274 e. The summed E-state index contributed by atoms with van der Waals surface area (Å²) in [6, 6.07) is 1.72. The molecule has 2 aliphatic heterocycles. The van der Waals surface area contributed by atoms with Crippen LogP contribution in [0.15, 0.2) is 10.9 Å². The van der Waals surface area contributed by atoms with Crippen molar-refractivity contribution in [3.63, 3.8) is 0 Å². The predicted octanol–water partition coefficient (Wildman–Crippen LogP) is 2.19. The van der Waals surface area contributed by atoms with Crippen LogP contribution in [0.1, 0.15) is 23.7 Å². The highest BCUT2D eigenvalue weighted by atomic mass is 19.1. The van der Waals surface area contributed by atoms with Crippen molar-refractivity contribution in [3.8, 4) is 11.4 Å². The highest BCUT2D eigenvalue weighted by Gasteiger charge is 2.15. The van der Waals surface area contributed by atoms with E-state index in [0.29, 0.717) is 34.6 Å². The first-order valence-electron chi connectivity index (χ1n) is 5.23. The van der Waals surface area contributed by atoms with Gasteiger partial charge in [-0.25, -0.2) is 4.39 Å². The Bertz CT molecular complexity index is 574. The Balaban J connectivity index is 2.88. The van der Waals surface area contributed by atoms with Gasteiger partial charge in [0.1, 0.15) is 11.6 Å². The Labute approximate surface area is 92.7 Å². The van der Waals surface area contributed by atoms with Gasteiger partial charge in [0.25, 0.3) is 5.56 Å². The molecule has 2 aliphatic rings. The van der Waals surface area contributed by atoms with Crippen molar-refractivity contribution in [1.82, 2.24) is 9.97 Å². The van der Waals surface area contributed by atoms with Crippen molar-refractivity contribution in [3.05, 3.63) is 39.1 Å². The lowest BCUT2D eigenvalue weighted by Gasteiger charge is -2.12. The predicted molar refractivity (Wildman–Crippen MR) is 60.3 cm³/mol. The number of rotatable bonds is 1. The van der Waals surface area contributed by atoms with Crippen molar-refractivity contribution >= 4 is 0 Å². The van der Waals surface area contributed by atoms with Crippen molar-refractivity contribution in [2.75, 3.05) is 0 Å². The number of pyridine rings is 2. The summed E-state index contributed by atoms with van der Waals surface area (Å²) in [6.45, 7) is 5.21. The highest BCUT2D eigenvalue weighted by molar-refractivity contribution is 5.62. The van der Waals surface area contributed by atoms with Gasteiger partial charge in [0.05, 0.1) is 0 Å². The van der Waals surface area contributed by atoms with Crippen molar-refractivity contribution in [2.45, 2.75) is 27.2 Å². The van der Waals surface area contributed by atoms with Gasteiger partial charge in [-0.05, 0) is 31.9 Å². The zero-order valence-electron chi connectivity index (χ0n) is 9.52. The summed E-state index contributed by atoms with van der Waals surface area (Å²) >= 11 is 0. The molecule has 0 saturated carbocycles. The van der Waals surface area contributed by atoms with Crippen LogP contribution >= 0.6 is 0 Å². The number of aryl methyl sites for hydroxylation is 2. The maximum Gasteiger partial charge on any atom is 0.274 e. The number of nitrogens with one attached hydrogen (secondary N) is 1. The number of fused-ring (bicyclic) bond motifs is 1. The first-order valence-corrected chi connectivity index (χ1v) is 5.23. The molecule has 0 atom stereocenters. The van der Waals surface area contributed by atoms with Gasteiger partial charge in [0, 0.05) is 16.8 Å². The van der Waals surface area contributed by atoms with Crippen LogP contribution in [-0.2, 0) is 6.42 Å². The average molecular weight is 220 g/mol. The Morgan fingerprint density at radius 3 is 2.75 bits per heavy atom. The molecule has 0 aromatic rings. The highest BCUT2D eigenvalue weighted by Crippen LogP contribution is 2.25. The number of hydrogen-bond donors (Lipinski definition) is 1. The molecular weight excluding hydrogens is 207 g/mol. The first kappa shape index (κ1) is 10.8. The average Bonchev–Trinajstić information content (AvgIpc) is 2.26. The van der Waals surface area contributed by atoms with Crippen molar-refractivity contribution in [2.24, 2.45) is 0 Å². The third-order valence-corrected chi connectivity index (χ3v) is 2.81. The molecule has 0 saturated heterocycles. The molecule has 2 heterocycles. The Hall–Kier alpha value is -1.71. The second kappa shape index (κ2) is 3.70. The molecule has 0 aromatic heterocycles. The Morgan fingerprint density at radius 2 is 2.12 bits per heavy atom. The summed E-state index contributed by atoms with van der Waals surface area (Å²) in [4.78, 5) is 18.3. The summed E-state index contributed by atoms with van der Waals surface area (Å²) < 4.78 is 13.7. The zero-order chi connectivity index (χ0) is 11.9. The molecule has 0 aliphatic carbocycles. The number of nitrogens with zero attached hydrogens (tertiary/aromatic N) is 1. The van der Waals surface area contributed by atoms with E-state index in [1.165, 1.54) is 0 Å². The fourth-order valence-corrected chi connectivity index (χ4v) is 1.80. The lowest BCUT2D eigenvalue weighted by atomic mass is 10.0. The van der Waals surface area contributed by atoms with Crippen LogP contribution in [0.5, 0.6) is 0 Å². The minimum Gasteiger partial charge on any atom is -0.341 e. The van der Waals surface area contributed by atoms with Crippen LogP contribution in [0.2, 0.25) is 0 Å². The van der Waals surface area contributed by atoms with Crippen molar-refractivity contribution in [1.29, 1.82) is 0 Å². The van der Waals surface area contributed by atoms with E-state index in [-0.39, 0.29) is 11.4 Å². The number of aromatic amines is 1. The van der Waals surface area contributed by atoms with E-state index >= 15 is 0 Å². The van der Waals surface area contributed by atoms with Gasteiger partial charge in [-0.2, -0.15) is 4.98 Å². The summed E-state index contributed by atoms with van der Waals surface area (Å²) in [7, 11) is 0. The maximum atomic E-state index is 13.7. The summed E-state index contributed by atoms with van der Waals surface area (Å²) in [5, 5.41) is 0. The summed E-state index contributed by atoms with van der Waals surface area (Å²) in [6.07, 6.45) is 0.608. The maximum absolute atomic E-state index is 13.7. The SMILES string of the molecule is CCc1cc2c(C)c(F)c(C)[nH]c-2nc1=O. The molecule has 0 unspecified atom stereocenters. The number of halogens is 1. The van der Waals surface area contributed by atoms with Gasteiger partial charge >= 0.3 is 0 Å². The van der Waals surface area contributed by atoms with Gasteiger partial charge in [0.15, 0.2) is 0 Å². The van der Waals surface area contributed by atoms with Crippen LogP contribution in [0.25, 0.3) is 11.4 Å².